The first-order valence-electron chi connectivity index (χ1n) is 4.75. The van der Waals surface area contributed by atoms with E-state index in [1.807, 2.05) is 0 Å². The normalized spacial score (nSPS) is 20.0. The lowest BCUT2D eigenvalue weighted by Gasteiger charge is -2.21. The Morgan fingerprint density at radius 1 is 1.56 bits per heavy atom. The van der Waals surface area contributed by atoms with Crippen molar-refractivity contribution in [2.45, 2.75) is 26.9 Å². The Hall–Kier alpha value is -1.96. The van der Waals surface area contributed by atoms with Gasteiger partial charge in [0.2, 0.25) is 11.9 Å². The molecule has 0 bridgehead atoms. The van der Waals surface area contributed by atoms with Crippen molar-refractivity contribution in [3.05, 3.63) is 12.3 Å². The van der Waals surface area contributed by atoms with Gasteiger partial charge in [-0.25, -0.2) is 4.99 Å². The lowest BCUT2D eigenvalue weighted by atomic mass is 9.97. The number of ketones is 1. The molecule has 0 radical (unpaired) electrons. The highest BCUT2D eigenvalue weighted by atomic mass is 16.5. The van der Waals surface area contributed by atoms with E-state index in [0.29, 0.717) is 0 Å². The topological polar surface area (TPSA) is 79.5 Å². The van der Waals surface area contributed by atoms with Gasteiger partial charge in [-0.3, -0.25) is 9.59 Å². The molecule has 0 aromatic carbocycles. The molecule has 1 aliphatic heterocycles. The van der Waals surface area contributed by atoms with Crippen molar-refractivity contribution >= 4 is 17.5 Å². The molecule has 1 rings (SSSR count). The van der Waals surface area contributed by atoms with Gasteiger partial charge in [-0.2, -0.15) is 5.26 Å². The zero-order valence-corrected chi connectivity index (χ0v) is 9.35. The summed E-state index contributed by atoms with van der Waals surface area (Å²) < 4.78 is 4.98. The van der Waals surface area contributed by atoms with Crippen molar-refractivity contribution in [2.24, 2.45) is 10.4 Å². The minimum Gasteiger partial charge on any atom is -0.446 e. The molecule has 0 amide bonds. The number of hydrogen-bond donors (Lipinski definition) is 0. The third-order valence-electron chi connectivity index (χ3n) is 1.91. The van der Waals surface area contributed by atoms with Crippen molar-refractivity contribution in [1.29, 1.82) is 5.26 Å². The number of aliphatic imine (C=N–C) groups is 1. The van der Waals surface area contributed by atoms with E-state index < -0.39 is 23.3 Å². The van der Waals surface area contributed by atoms with E-state index >= 15 is 0 Å². The number of hydrogen-bond acceptors (Lipinski definition) is 5. The summed E-state index contributed by atoms with van der Waals surface area (Å²) in [6, 6.07) is 1.74. The summed E-state index contributed by atoms with van der Waals surface area (Å²) in [7, 11) is 0. The van der Waals surface area contributed by atoms with Gasteiger partial charge in [0, 0.05) is 12.3 Å². The van der Waals surface area contributed by atoms with Gasteiger partial charge in [-0.1, -0.05) is 0 Å². The molecule has 0 spiro atoms. The molecule has 0 aromatic rings. The van der Waals surface area contributed by atoms with Gasteiger partial charge in [0.15, 0.2) is 5.71 Å². The number of esters is 1. The van der Waals surface area contributed by atoms with Crippen LogP contribution in [0.5, 0.6) is 0 Å². The van der Waals surface area contributed by atoms with Crippen LogP contribution >= 0.6 is 0 Å². The monoisotopic (exact) mass is 220 g/mol. The van der Waals surface area contributed by atoms with Crippen molar-refractivity contribution in [3.63, 3.8) is 0 Å². The van der Waals surface area contributed by atoms with E-state index in [0.717, 1.165) is 0 Å². The third kappa shape index (κ3) is 2.54. The lowest BCUT2D eigenvalue weighted by molar-refractivity contribution is -0.158. The predicted molar refractivity (Wildman–Crippen MR) is 56.5 cm³/mol. The molecule has 84 valence electrons. The molecular weight excluding hydrogens is 208 g/mol. The van der Waals surface area contributed by atoms with E-state index in [-0.39, 0.29) is 5.71 Å². The molecule has 1 atom stereocenters. The fraction of sp³-hybridized carbons (Fsp3) is 0.455. The smallest absolute Gasteiger partial charge is 0.312 e. The first-order valence-corrected chi connectivity index (χ1v) is 4.75. The van der Waals surface area contributed by atoms with Crippen LogP contribution in [0.25, 0.3) is 0 Å². The van der Waals surface area contributed by atoms with Gasteiger partial charge in [0.05, 0.1) is 5.41 Å². The third-order valence-corrected chi connectivity index (χ3v) is 1.91. The van der Waals surface area contributed by atoms with Gasteiger partial charge >= 0.3 is 5.97 Å². The maximum Gasteiger partial charge on any atom is 0.312 e. The molecule has 0 saturated carbocycles. The van der Waals surface area contributed by atoms with E-state index in [4.69, 9.17) is 10.00 Å². The van der Waals surface area contributed by atoms with Crippen molar-refractivity contribution < 1.29 is 14.3 Å². The van der Waals surface area contributed by atoms with Crippen LogP contribution in [-0.2, 0) is 14.3 Å². The number of carbonyl (C=O) groups is 2. The van der Waals surface area contributed by atoms with Crippen LogP contribution in [0.2, 0.25) is 0 Å². The molecule has 16 heavy (non-hydrogen) atoms. The highest BCUT2D eigenvalue weighted by molar-refractivity contribution is 6.20. The molecule has 5 nitrogen and oxygen atoms in total. The Morgan fingerprint density at radius 3 is 2.69 bits per heavy atom. The Bertz CT molecular complexity index is 421. The van der Waals surface area contributed by atoms with Gasteiger partial charge in [-0.05, 0) is 20.8 Å². The van der Waals surface area contributed by atoms with Crippen LogP contribution in [0, 0.1) is 16.7 Å². The summed E-state index contributed by atoms with van der Waals surface area (Å²) in [5.74, 6) is -0.978. The predicted octanol–water partition coefficient (Wildman–Crippen LogP) is 1.01. The standard InChI is InChI=1S/C11H12N2O3/c1-11(2,3)10(15)16-9-7(6-12)13-5-4-8(9)14/h4-5,9H,1-3H3. The molecule has 1 aliphatic rings. The minimum absolute atomic E-state index is 0.0925. The Kier molecular flexibility index (Phi) is 3.23. The summed E-state index contributed by atoms with van der Waals surface area (Å²) in [4.78, 5) is 26.7. The number of nitriles is 1. The molecule has 0 saturated heterocycles. The van der Waals surface area contributed by atoms with Crippen molar-refractivity contribution in [3.8, 4) is 6.07 Å². The summed E-state index contributed by atoms with van der Waals surface area (Å²) in [6.07, 6.45) is 1.21. The van der Waals surface area contributed by atoms with E-state index in [2.05, 4.69) is 4.99 Å². The second kappa shape index (κ2) is 4.27. The fourth-order valence-electron chi connectivity index (χ4n) is 0.966. The van der Waals surface area contributed by atoms with Gasteiger partial charge in [-0.15, -0.1) is 0 Å². The Balaban J connectivity index is 2.86. The summed E-state index contributed by atoms with van der Waals surface area (Å²) >= 11 is 0. The first-order chi connectivity index (χ1) is 7.36. The Labute approximate surface area is 93.4 Å². The summed E-state index contributed by atoms with van der Waals surface area (Å²) in [6.45, 7) is 5.00. The van der Waals surface area contributed by atoms with Crippen LogP contribution in [-0.4, -0.2) is 23.6 Å². The summed E-state index contributed by atoms with van der Waals surface area (Å²) in [5, 5.41) is 8.74. The molecule has 0 aliphatic carbocycles. The van der Waals surface area contributed by atoms with Gasteiger partial charge in [0.1, 0.15) is 6.07 Å². The van der Waals surface area contributed by atoms with E-state index in [1.54, 1.807) is 26.8 Å². The van der Waals surface area contributed by atoms with Crippen LogP contribution in [0.3, 0.4) is 0 Å². The van der Waals surface area contributed by atoms with E-state index in [9.17, 15) is 9.59 Å². The number of carbonyl (C=O) groups excluding carboxylic acids is 2. The first kappa shape index (κ1) is 12.1. The van der Waals surface area contributed by atoms with Gasteiger partial charge in [0.25, 0.3) is 0 Å². The highest BCUT2D eigenvalue weighted by Gasteiger charge is 2.33. The Morgan fingerprint density at radius 2 is 2.19 bits per heavy atom. The van der Waals surface area contributed by atoms with E-state index in [1.165, 1.54) is 12.3 Å². The highest BCUT2D eigenvalue weighted by Crippen LogP contribution is 2.18. The maximum absolute atomic E-state index is 11.6. The maximum atomic E-state index is 11.6. The average Bonchev–Trinajstić information content (AvgIpc) is 2.19. The number of ether oxygens (including phenoxy) is 1. The van der Waals surface area contributed by atoms with Crippen LogP contribution in [0.4, 0.5) is 0 Å². The number of nitrogens with zero attached hydrogens (tertiary/aromatic N) is 2. The molecule has 1 heterocycles. The second-order valence-electron chi connectivity index (χ2n) is 4.38. The molecule has 0 N–H and O–H groups in total. The second-order valence-corrected chi connectivity index (χ2v) is 4.38. The number of rotatable bonds is 1. The van der Waals surface area contributed by atoms with Crippen molar-refractivity contribution in [2.75, 3.05) is 0 Å². The zero-order chi connectivity index (χ0) is 12.3. The van der Waals surface area contributed by atoms with Gasteiger partial charge < -0.3 is 4.74 Å². The molecule has 5 heteroatoms. The fourth-order valence-corrected chi connectivity index (χ4v) is 0.966. The molecular formula is C11H12N2O3. The molecule has 0 fully saturated rings. The summed E-state index contributed by atoms with van der Waals surface area (Å²) in [5.41, 5.74) is -0.813. The van der Waals surface area contributed by atoms with Crippen LogP contribution in [0.15, 0.2) is 17.3 Å². The largest absolute Gasteiger partial charge is 0.446 e. The molecule has 1 unspecified atom stereocenters. The quantitative estimate of drug-likeness (QED) is 0.617. The average molecular weight is 220 g/mol. The van der Waals surface area contributed by atoms with Crippen molar-refractivity contribution in [1.82, 2.24) is 0 Å². The zero-order valence-electron chi connectivity index (χ0n) is 9.35. The SMILES string of the molecule is CC(C)(C)C(=O)OC1C(=O)C=CN=C1C#N. The minimum atomic E-state index is -1.19. The van der Waals surface area contributed by atoms with Crippen LogP contribution in [0.1, 0.15) is 20.8 Å². The molecule has 0 aromatic heterocycles. The van der Waals surface area contributed by atoms with Crippen LogP contribution < -0.4 is 0 Å². The lowest BCUT2D eigenvalue weighted by Crippen LogP contribution is -2.38.